The zero-order chi connectivity index (χ0) is 39.9. The average Bonchev–Trinajstić information content (AvgIpc) is 3.74. The van der Waals surface area contributed by atoms with Crippen LogP contribution in [0, 0.1) is 0 Å². The number of aliphatic hydroxyl groups excluding tert-OH is 5. The summed E-state index contributed by atoms with van der Waals surface area (Å²) in [5, 5.41) is 52.5. The van der Waals surface area contributed by atoms with Crippen LogP contribution < -0.4 is 16.0 Å². The van der Waals surface area contributed by atoms with E-state index in [2.05, 4.69) is 28.3 Å². The maximum Gasteiger partial charge on any atom is 0.481 e. The van der Waals surface area contributed by atoms with Crippen molar-refractivity contribution in [2.24, 2.45) is 5.73 Å². The monoisotopic (exact) mass is 832 g/mol. The second-order valence-corrected chi connectivity index (χ2v) is 15.8. The summed E-state index contributed by atoms with van der Waals surface area (Å²) < 4.78 is 66.8. The molecule has 0 saturated carbocycles. The zero-order valence-corrected chi connectivity index (χ0v) is 29.6. The number of anilines is 1. The molecule has 2 unspecified atom stereocenters. The number of ketones is 1. The van der Waals surface area contributed by atoms with E-state index in [0.29, 0.717) is 0 Å². The number of nitrogens with two attached hydrogens (primary N) is 2. The number of ether oxygens (including phenoxy) is 2. The number of hydrogen-bond donors (Lipinski definition) is 11. The van der Waals surface area contributed by atoms with Crippen LogP contribution in [0.4, 0.5) is 5.82 Å². The predicted molar refractivity (Wildman–Crippen MR) is 167 cm³/mol. The first-order valence-electron chi connectivity index (χ1n) is 15.0. The Morgan fingerprint density at radius 3 is 2.13 bits per heavy atom. The number of nitrogen functional groups attached to an aromatic ring is 1. The lowest BCUT2D eigenvalue weighted by molar-refractivity contribution is -0.765. The number of phosphoric ester groups is 3. The Hall–Kier alpha value is -3.27. The normalized spacial score (nSPS) is 28.8. The molecular weight excluding hydrogens is 799 g/mol. The molecule has 0 aromatic carbocycles. The first kappa shape index (κ1) is 41.9. The number of Topliss-reactive ketones (excluding diaryl/α,β-unsaturated/α-hetero) is 1. The molecule has 27 nitrogen and oxygen atoms in total. The van der Waals surface area contributed by atoms with Gasteiger partial charge in [0, 0.05) is 11.6 Å². The van der Waals surface area contributed by atoms with Crippen LogP contribution in [-0.2, 0) is 45.8 Å². The molecule has 5 heterocycles. The molecular formula is C24H33N7O20P3+. The first-order valence-corrected chi connectivity index (χ1v) is 19.5. The van der Waals surface area contributed by atoms with E-state index in [1.807, 2.05) is 0 Å². The van der Waals surface area contributed by atoms with Crippen molar-refractivity contribution in [2.45, 2.75) is 55.2 Å². The summed E-state index contributed by atoms with van der Waals surface area (Å²) >= 11 is 0. The van der Waals surface area contributed by atoms with Crippen LogP contribution >= 0.6 is 23.5 Å². The molecule has 1 amide bonds. The SMILES string of the molecule is NC(=O)c1c[n+]([C@@H]2O[C@H](COP(=O)(O)OP(=O)(O)OC[C@H]3O[C@@H](n4cnc5c(N)ncnc54)[C@H](O)[C@@H]3O)[C@@H](O)[C@H]2O)ccc1[C@@H](O)C(=O)COP(=O)(O)O. The van der Waals surface area contributed by atoms with Crippen LogP contribution in [0.3, 0.4) is 0 Å². The van der Waals surface area contributed by atoms with Gasteiger partial charge in [-0.15, -0.1) is 0 Å². The highest BCUT2D eigenvalue weighted by Crippen LogP contribution is 2.60. The molecule has 2 saturated heterocycles. The third kappa shape index (κ3) is 9.39. The molecule has 2 aliphatic rings. The van der Waals surface area contributed by atoms with Gasteiger partial charge >= 0.3 is 23.5 Å². The average molecular weight is 832 g/mol. The molecule has 0 aliphatic carbocycles. The van der Waals surface area contributed by atoms with Gasteiger partial charge in [0.15, 0.2) is 42.0 Å². The van der Waals surface area contributed by atoms with Crippen molar-refractivity contribution in [3.05, 3.63) is 42.2 Å². The number of rotatable bonds is 16. The number of nitrogens with zero attached hydrogens (tertiary/aromatic N) is 5. The van der Waals surface area contributed by atoms with Crippen LogP contribution in [0.1, 0.15) is 34.5 Å². The largest absolute Gasteiger partial charge is 0.481 e. The Kier molecular flexibility index (Phi) is 12.5. The summed E-state index contributed by atoms with van der Waals surface area (Å²) in [7, 11) is -16.1. The van der Waals surface area contributed by atoms with Crippen LogP contribution in [0.5, 0.6) is 0 Å². The molecule has 11 atom stereocenters. The fourth-order valence-corrected chi connectivity index (χ4v) is 7.69. The molecule has 0 radical (unpaired) electrons. The topological polar surface area (TPSA) is 422 Å². The standard InChI is InChI=1S/C24H32N7O20P3/c25-20-14-22(28-7-27-20)31(8-29-14)24-19(37)17(35)13(50-24)6-48-54(44,45)51-53(42,43)47-5-12-16(34)18(36)23(49-12)30-2-1-9(10(3-30)21(26)38)15(33)11(32)4-46-52(39,40)41/h1-3,7-8,12-13,15-19,23-24,33-37H,4-6H2,(H7-,25,26,27,28,38,39,40,41,42,43,44,45)/p+1/t12-,13-,15-,16-,17-,18-,19-,23-,24-/m1/s1. The lowest BCUT2D eigenvalue weighted by Crippen LogP contribution is -2.47. The van der Waals surface area contributed by atoms with Gasteiger partial charge in [-0.05, 0) is 0 Å². The first-order chi connectivity index (χ1) is 25.1. The summed E-state index contributed by atoms with van der Waals surface area (Å²) in [5.74, 6) is -2.48. The molecule has 5 rings (SSSR count). The quantitative estimate of drug-likeness (QED) is 0.0480. The highest BCUT2D eigenvalue weighted by Gasteiger charge is 2.50. The van der Waals surface area contributed by atoms with E-state index in [-0.39, 0.29) is 17.0 Å². The van der Waals surface area contributed by atoms with E-state index in [9.17, 15) is 58.6 Å². The fraction of sp³-hybridized carbons (Fsp3) is 0.500. The Balaban J connectivity index is 1.17. The Labute approximate surface area is 300 Å². The van der Waals surface area contributed by atoms with Crippen molar-refractivity contribution in [3.8, 4) is 0 Å². The van der Waals surface area contributed by atoms with E-state index in [1.165, 1.54) is 10.9 Å². The molecule has 3 aromatic rings. The Morgan fingerprint density at radius 1 is 0.907 bits per heavy atom. The van der Waals surface area contributed by atoms with Crippen molar-refractivity contribution in [1.82, 2.24) is 19.5 Å². The van der Waals surface area contributed by atoms with Crippen LogP contribution in [0.25, 0.3) is 11.2 Å². The summed E-state index contributed by atoms with van der Waals surface area (Å²) in [6, 6.07) is 0.961. The van der Waals surface area contributed by atoms with Crippen molar-refractivity contribution >= 4 is 52.1 Å². The van der Waals surface area contributed by atoms with Gasteiger partial charge in [-0.25, -0.2) is 28.6 Å². The lowest BCUT2D eigenvalue weighted by Gasteiger charge is -2.20. The van der Waals surface area contributed by atoms with E-state index in [0.717, 1.165) is 29.4 Å². The molecule has 2 aliphatic heterocycles. The van der Waals surface area contributed by atoms with Crippen LogP contribution in [-0.4, -0.2) is 133 Å². The zero-order valence-electron chi connectivity index (χ0n) is 27.0. The van der Waals surface area contributed by atoms with Crippen molar-refractivity contribution in [2.75, 3.05) is 25.6 Å². The minimum atomic E-state index is -5.53. The summed E-state index contributed by atoms with van der Waals surface area (Å²) in [6.45, 7) is -3.28. The number of pyridine rings is 1. The van der Waals surface area contributed by atoms with Gasteiger partial charge in [0.2, 0.25) is 0 Å². The number of carbonyl (C=O) groups is 2. The van der Waals surface area contributed by atoms with Crippen LogP contribution in [0.15, 0.2) is 31.1 Å². The van der Waals surface area contributed by atoms with E-state index in [1.54, 1.807) is 0 Å². The number of aromatic nitrogens is 5. The Bertz CT molecular complexity index is 2030. The highest BCUT2D eigenvalue weighted by atomic mass is 31.3. The molecule has 30 heteroatoms. The predicted octanol–water partition coefficient (Wildman–Crippen LogP) is -4.30. The number of amides is 1. The van der Waals surface area contributed by atoms with Crippen molar-refractivity contribution in [1.29, 1.82) is 0 Å². The van der Waals surface area contributed by atoms with Crippen molar-refractivity contribution < 1.29 is 100 Å². The van der Waals surface area contributed by atoms with E-state index in [4.69, 9.17) is 35.3 Å². The van der Waals surface area contributed by atoms with Gasteiger partial charge in [0.1, 0.15) is 60.6 Å². The van der Waals surface area contributed by atoms with Crippen LogP contribution in [0.2, 0.25) is 0 Å². The third-order valence-electron chi connectivity index (χ3n) is 7.90. The lowest BCUT2D eigenvalue weighted by atomic mass is 10.0. The number of fused-ring (bicyclic) bond motifs is 1. The van der Waals surface area contributed by atoms with Gasteiger partial charge in [0.25, 0.3) is 12.1 Å². The number of phosphoric acid groups is 3. The van der Waals surface area contributed by atoms with Crippen molar-refractivity contribution in [3.63, 3.8) is 0 Å². The van der Waals surface area contributed by atoms with Gasteiger partial charge in [-0.3, -0.25) is 27.7 Å². The molecule has 54 heavy (non-hydrogen) atoms. The Morgan fingerprint density at radius 2 is 1.52 bits per heavy atom. The fourth-order valence-electron chi connectivity index (χ4n) is 5.30. The van der Waals surface area contributed by atoms with Gasteiger partial charge < -0.3 is 66.0 Å². The summed E-state index contributed by atoms with van der Waals surface area (Å²) in [5.41, 5.74) is 10.4. The van der Waals surface area contributed by atoms with E-state index >= 15 is 0 Å². The maximum absolute atomic E-state index is 12.6. The minimum absolute atomic E-state index is 0.0139. The molecule has 3 aromatic heterocycles. The van der Waals surface area contributed by atoms with Gasteiger partial charge in [-0.1, -0.05) is 0 Å². The second-order valence-electron chi connectivity index (χ2n) is 11.5. The number of carbonyl (C=O) groups excluding carboxylic acids is 2. The summed E-state index contributed by atoms with van der Waals surface area (Å²) in [6.07, 6.45) is -11.1. The smallest absolute Gasteiger partial charge is 0.387 e. The number of hydrogen-bond acceptors (Lipinski definition) is 20. The highest BCUT2D eigenvalue weighted by molar-refractivity contribution is 7.61. The summed E-state index contributed by atoms with van der Waals surface area (Å²) in [4.78, 5) is 73.9. The molecule has 0 spiro atoms. The van der Waals surface area contributed by atoms with Gasteiger partial charge in [-0.2, -0.15) is 8.88 Å². The second kappa shape index (κ2) is 16.1. The molecule has 298 valence electrons. The minimum Gasteiger partial charge on any atom is -0.387 e. The number of imidazole rings is 1. The number of primary amides is 1. The maximum atomic E-state index is 12.6. The molecule has 0 bridgehead atoms. The molecule has 2 fully saturated rings. The third-order valence-corrected chi connectivity index (χ3v) is 11.0. The van der Waals surface area contributed by atoms with Gasteiger partial charge in [0.05, 0.1) is 19.5 Å². The van der Waals surface area contributed by atoms with E-state index < -0.39 is 121 Å². The molecule has 13 N–H and O–H groups in total. The number of aliphatic hydroxyl groups is 5.